The minimum Gasteiger partial charge on any atom is -0.378 e. The van der Waals surface area contributed by atoms with Crippen molar-refractivity contribution in [3.63, 3.8) is 0 Å². The standard InChI is InChI=1S/C16H15N9/c1-12-7-8-13(9-15(12)24-11-18-20-22-24)17-10-16-19-21-23-25(16)14-5-3-2-4-6-14/h2-9,11,17H,10H2,1H3. The van der Waals surface area contributed by atoms with E-state index in [9.17, 15) is 0 Å². The topological polar surface area (TPSA) is 99.2 Å². The van der Waals surface area contributed by atoms with Crippen molar-refractivity contribution < 1.29 is 0 Å². The molecule has 0 radical (unpaired) electrons. The van der Waals surface area contributed by atoms with Crippen LogP contribution in [0.2, 0.25) is 0 Å². The van der Waals surface area contributed by atoms with E-state index < -0.39 is 0 Å². The van der Waals surface area contributed by atoms with Gasteiger partial charge in [-0.05, 0) is 57.6 Å². The highest BCUT2D eigenvalue weighted by molar-refractivity contribution is 5.54. The number of benzene rings is 2. The second-order valence-electron chi connectivity index (χ2n) is 5.45. The molecule has 0 unspecified atom stereocenters. The van der Waals surface area contributed by atoms with Crippen LogP contribution in [-0.2, 0) is 6.54 Å². The van der Waals surface area contributed by atoms with Gasteiger partial charge in [-0.25, -0.2) is 4.68 Å². The minimum absolute atomic E-state index is 0.486. The van der Waals surface area contributed by atoms with Crippen molar-refractivity contribution in [2.75, 3.05) is 5.32 Å². The molecule has 124 valence electrons. The first-order chi connectivity index (χ1) is 12.3. The Labute approximate surface area is 143 Å². The van der Waals surface area contributed by atoms with Crippen molar-refractivity contribution in [2.45, 2.75) is 13.5 Å². The van der Waals surface area contributed by atoms with Crippen molar-refractivity contribution in [3.05, 3.63) is 66.2 Å². The van der Waals surface area contributed by atoms with Gasteiger partial charge in [-0.15, -0.1) is 10.2 Å². The molecular weight excluding hydrogens is 318 g/mol. The Hall–Kier alpha value is -3.62. The van der Waals surface area contributed by atoms with Gasteiger partial charge in [-0.2, -0.15) is 4.68 Å². The van der Waals surface area contributed by atoms with Gasteiger partial charge in [0.25, 0.3) is 0 Å². The van der Waals surface area contributed by atoms with Crippen LogP contribution in [0.4, 0.5) is 5.69 Å². The molecule has 0 bridgehead atoms. The molecule has 0 amide bonds. The van der Waals surface area contributed by atoms with Crippen molar-refractivity contribution in [3.8, 4) is 11.4 Å². The average molecular weight is 333 g/mol. The van der Waals surface area contributed by atoms with Gasteiger partial charge < -0.3 is 5.32 Å². The summed E-state index contributed by atoms with van der Waals surface area (Å²) in [6.07, 6.45) is 1.57. The molecule has 4 rings (SSSR count). The van der Waals surface area contributed by atoms with Crippen LogP contribution in [-0.4, -0.2) is 40.4 Å². The van der Waals surface area contributed by atoms with E-state index in [4.69, 9.17) is 0 Å². The Morgan fingerprint density at radius 1 is 1.00 bits per heavy atom. The zero-order valence-electron chi connectivity index (χ0n) is 13.5. The van der Waals surface area contributed by atoms with Gasteiger partial charge >= 0.3 is 0 Å². The van der Waals surface area contributed by atoms with Crippen molar-refractivity contribution in [1.29, 1.82) is 0 Å². The fourth-order valence-corrected chi connectivity index (χ4v) is 2.50. The molecule has 9 nitrogen and oxygen atoms in total. The molecule has 2 aromatic heterocycles. The van der Waals surface area contributed by atoms with Crippen molar-refractivity contribution in [1.82, 2.24) is 40.4 Å². The summed E-state index contributed by atoms with van der Waals surface area (Å²) in [6.45, 7) is 2.50. The monoisotopic (exact) mass is 333 g/mol. The van der Waals surface area contributed by atoms with Gasteiger partial charge in [0.05, 0.1) is 17.9 Å². The third-order valence-corrected chi connectivity index (χ3v) is 3.79. The van der Waals surface area contributed by atoms with E-state index >= 15 is 0 Å². The number of aromatic nitrogens is 8. The van der Waals surface area contributed by atoms with Gasteiger partial charge in [0.15, 0.2) is 5.82 Å². The first-order valence-corrected chi connectivity index (χ1v) is 7.72. The Morgan fingerprint density at radius 2 is 1.88 bits per heavy atom. The van der Waals surface area contributed by atoms with Gasteiger partial charge in [-0.3, -0.25) is 0 Å². The Morgan fingerprint density at radius 3 is 2.68 bits per heavy atom. The molecule has 0 spiro atoms. The summed E-state index contributed by atoms with van der Waals surface area (Å²) >= 11 is 0. The normalized spacial score (nSPS) is 10.8. The second-order valence-corrected chi connectivity index (χ2v) is 5.45. The number of anilines is 1. The molecule has 2 aromatic carbocycles. The Balaban J connectivity index is 1.55. The highest BCUT2D eigenvalue weighted by Gasteiger charge is 2.09. The fraction of sp³-hybridized carbons (Fsp3) is 0.125. The van der Waals surface area contributed by atoms with E-state index in [0.29, 0.717) is 6.54 Å². The molecule has 4 aromatic rings. The summed E-state index contributed by atoms with van der Waals surface area (Å²) in [5, 5.41) is 26.6. The molecule has 0 fully saturated rings. The highest BCUT2D eigenvalue weighted by atomic mass is 15.5. The zero-order chi connectivity index (χ0) is 17.1. The number of nitrogens with zero attached hydrogens (tertiary/aromatic N) is 8. The second kappa shape index (κ2) is 6.48. The number of para-hydroxylation sites is 1. The van der Waals surface area contributed by atoms with Gasteiger partial charge in [0.1, 0.15) is 6.33 Å². The summed E-state index contributed by atoms with van der Waals surface area (Å²) < 4.78 is 3.35. The third kappa shape index (κ3) is 3.07. The van der Waals surface area contributed by atoms with Gasteiger partial charge in [-0.1, -0.05) is 24.3 Å². The summed E-state index contributed by atoms with van der Waals surface area (Å²) in [7, 11) is 0. The summed E-state index contributed by atoms with van der Waals surface area (Å²) in [5.74, 6) is 0.718. The van der Waals surface area contributed by atoms with Crippen LogP contribution in [0.1, 0.15) is 11.4 Å². The predicted octanol–water partition coefficient (Wildman–Crippen LogP) is 1.56. The summed E-state index contributed by atoms with van der Waals surface area (Å²) in [4.78, 5) is 0. The molecule has 2 heterocycles. The van der Waals surface area contributed by atoms with E-state index in [1.54, 1.807) is 15.7 Å². The highest BCUT2D eigenvalue weighted by Crippen LogP contribution is 2.19. The smallest absolute Gasteiger partial charge is 0.175 e. The maximum absolute atomic E-state index is 4.10. The van der Waals surface area contributed by atoms with Crippen LogP contribution in [0.25, 0.3) is 11.4 Å². The molecule has 0 saturated carbocycles. The molecule has 9 heteroatoms. The summed E-state index contributed by atoms with van der Waals surface area (Å²) in [6, 6.07) is 15.8. The van der Waals surface area contributed by atoms with E-state index in [0.717, 1.165) is 28.5 Å². The molecule has 0 saturated heterocycles. The molecule has 0 atom stereocenters. The molecule has 0 aliphatic heterocycles. The van der Waals surface area contributed by atoms with E-state index in [1.165, 1.54) is 0 Å². The number of rotatable bonds is 5. The summed E-state index contributed by atoms with van der Waals surface area (Å²) in [5.41, 5.74) is 3.84. The molecular formula is C16H15N9. The number of aryl methyl sites for hydroxylation is 1. The van der Waals surface area contributed by atoms with E-state index in [1.807, 2.05) is 55.5 Å². The van der Waals surface area contributed by atoms with Gasteiger partial charge in [0.2, 0.25) is 0 Å². The lowest BCUT2D eigenvalue weighted by molar-refractivity contribution is 0.768. The predicted molar refractivity (Wildman–Crippen MR) is 90.4 cm³/mol. The van der Waals surface area contributed by atoms with Crippen LogP contribution in [0.3, 0.4) is 0 Å². The minimum atomic E-state index is 0.486. The fourth-order valence-electron chi connectivity index (χ4n) is 2.50. The third-order valence-electron chi connectivity index (χ3n) is 3.79. The average Bonchev–Trinajstić information content (AvgIpc) is 3.33. The van der Waals surface area contributed by atoms with Crippen molar-refractivity contribution in [2.24, 2.45) is 0 Å². The molecule has 0 aliphatic carbocycles. The SMILES string of the molecule is Cc1ccc(NCc2nnnn2-c2ccccc2)cc1-n1cnnn1. The van der Waals surface area contributed by atoms with Crippen LogP contribution < -0.4 is 5.32 Å². The lowest BCUT2D eigenvalue weighted by Crippen LogP contribution is -2.09. The maximum atomic E-state index is 4.10. The van der Waals surface area contributed by atoms with Crippen LogP contribution in [0, 0.1) is 6.92 Å². The number of hydrogen-bond acceptors (Lipinski definition) is 7. The maximum Gasteiger partial charge on any atom is 0.175 e. The lowest BCUT2D eigenvalue weighted by atomic mass is 10.2. The molecule has 25 heavy (non-hydrogen) atoms. The van der Waals surface area contributed by atoms with E-state index in [2.05, 4.69) is 36.4 Å². The first-order valence-electron chi connectivity index (χ1n) is 7.72. The quantitative estimate of drug-likeness (QED) is 0.591. The molecule has 1 N–H and O–H groups in total. The number of tetrazole rings is 2. The Kier molecular flexibility index (Phi) is 3.87. The van der Waals surface area contributed by atoms with E-state index in [-0.39, 0.29) is 0 Å². The van der Waals surface area contributed by atoms with Crippen LogP contribution >= 0.6 is 0 Å². The zero-order valence-corrected chi connectivity index (χ0v) is 13.5. The van der Waals surface area contributed by atoms with Crippen LogP contribution in [0.15, 0.2) is 54.9 Å². The van der Waals surface area contributed by atoms with Crippen molar-refractivity contribution >= 4 is 5.69 Å². The lowest BCUT2D eigenvalue weighted by Gasteiger charge is -2.10. The van der Waals surface area contributed by atoms with Gasteiger partial charge in [0, 0.05) is 5.69 Å². The first kappa shape index (κ1) is 14.9. The largest absolute Gasteiger partial charge is 0.378 e. The number of hydrogen-bond donors (Lipinski definition) is 1. The van der Waals surface area contributed by atoms with Crippen LogP contribution in [0.5, 0.6) is 0 Å². The molecule has 0 aliphatic rings. The number of nitrogens with one attached hydrogen (secondary N) is 1. The Bertz CT molecular complexity index is 960.